The van der Waals surface area contributed by atoms with Crippen molar-refractivity contribution < 1.29 is 8.78 Å². The topological polar surface area (TPSA) is 3.24 Å². The fourth-order valence-electron chi connectivity index (χ4n) is 3.27. The van der Waals surface area contributed by atoms with Crippen molar-refractivity contribution in [2.24, 2.45) is 5.92 Å². The average Bonchev–Trinajstić information content (AvgIpc) is 2.28. The van der Waals surface area contributed by atoms with Crippen LogP contribution in [0, 0.1) is 5.92 Å². The second kappa shape index (κ2) is 4.99. The molecule has 0 radical (unpaired) electrons. The Balaban J connectivity index is 1.91. The Morgan fingerprint density at radius 1 is 1.25 bits per heavy atom. The summed E-state index contributed by atoms with van der Waals surface area (Å²) >= 11 is 0. The van der Waals surface area contributed by atoms with Crippen LogP contribution in [0.2, 0.25) is 0 Å². The van der Waals surface area contributed by atoms with Gasteiger partial charge in [0.05, 0.1) is 6.54 Å². The van der Waals surface area contributed by atoms with Gasteiger partial charge in [-0.3, -0.25) is 4.90 Å². The minimum absolute atomic E-state index is 0.00804. The van der Waals surface area contributed by atoms with E-state index in [9.17, 15) is 8.78 Å². The molecule has 1 saturated carbocycles. The molecule has 0 aromatic carbocycles. The van der Waals surface area contributed by atoms with Crippen molar-refractivity contribution in [3.05, 3.63) is 0 Å². The quantitative estimate of drug-likeness (QED) is 0.700. The maximum absolute atomic E-state index is 13.3. The number of rotatable bonds is 2. The van der Waals surface area contributed by atoms with E-state index in [2.05, 4.69) is 11.8 Å². The van der Waals surface area contributed by atoms with Gasteiger partial charge >= 0.3 is 0 Å². The van der Waals surface area contributed by atoms with Crippen LogP contribution in [0.1, 0.15) is 51.9 Å². The molecule has 1 aliphatic carbocycles. The first kappa shape index (κ1) is 12.3. The molecule has 2 aliphatic rings. The lowest BCUT2D eigenvalue weighted by Gasteiger charge is -2.41. The highest BCUT2D eigenvalue weighted by atomic mass is 19.3. The van der Waals surface area contributed by atoms with Crippen molar-refractivity contribution >= 4 is 0 Å². The second-order valence-electron chi connectivity index (χ2n) is 5.52. The fourth-order valence-corrected chi connectivity index (χ4v) is 3.27. The molecule has 0 N–H and O–H groups in total. The molecule has 2 unspecified atom stereocenters. The lowest BCUT2D eigenvalue weighted by Crippen LogP contribution is -2.49. The van der Waals surface area contributed by atoms with Crippen molar-refractivity contribution in [2.75, 3.05) is 13.1 Å². The van der Waals surface area contributed by atoms with Crippen molar-refractivity contribution in [2.45, 2.75) is 63.8 Å². The van der Waals surface area contributed by atoms with Crippen LogP contribution in [0.25, 0.3) is 0 Å². The molecular formula is C13H23F2N. The Labute approximate surface area is 97.2 Å². The zero-order valence-corrected chi connectivity index (χ0v) is 10.2. The summed E-state index contributed by atoms with van der Waals surface area (Å²) in [6, 6.07) is 0.435. The van der Waals surface area contributed by atoms with Crippen LogP contribution in [-0.4, -0.2) is 30.0 Å². The van der Waals surface area contributed by atoms with E-state index >= 15 is 0 Å². The van der Waals surface area contributed by atoms with Gasteiger partial charge in [-0.2, -0.15) is 0 Å². The molecule has 0 amide bonds. The summed E-state index contributed by atoms with van der Waals surface area (Å²) in [6.45, 7) is 3.11. The highest BCUT2D eigenvalue weighted by Gasteiger charge is 2.38. The smallest absolute Gasteiger partial charge is 0.260 e. The van der Waals surface area contributed by atoms with Gasteiger partial charge in [-0.05, 0) is 31.7 Å². The summed E-state index contributed by atoms with van der Waals surface area (Å²) in [6.07, 6.45) is 6.77. The van der Waals surface area contributed by atoms with Crippen molar-refractivity contribution in [3.8, 4) is 0 Å². The summed E-state index contributed by atoms with van der Waals surface area (Å²) in [5, 5.41) is 0. The second-order valence-corrected chi connectivity index (χ2v) is 5.52. The molecule has 1 saturated heterocycles. The number of hydrogen-bond acceptors (Lipinski definition) is 1. The summed E-state index contributed by atoms with van der Waals surface area (Å²) < 4.78 is 26.7. The number of hydrogen-bond donors (Lipinski definition) is 0. The van der Waals surface area contributed by atoms with Gasteiger partial charge in [-0.25, -0.2) is 8.78 Å². The molecule has 2 atom stereocenters. The van der Waals surface area contributed by atoms with E-state index in [1.54, 1.807) is 0 Å². The third kappa shape index (κ3) is 2.93. The molecular weight excluding hydrogens is 208 g/mol. The fraction of sp³-hybridized carbons (Fsp3) is 1.00. The Kier molecular flexibility index (Phi) is 3.83. The van der Waals surface area contributed by atoms with Crippen LogP contribution in [0.5, 0.6) is 0 Å². The largest absolute Gasteiger partial charge is 0.294 e. The first-order valence-corrected chi connectivity index (χ1v) is 6.72. The van der Waals surface area contributed by atoms with Crippen molar-refractivity contribution in [1.82, 2.24) is 4.90 Å². The molecule has 1 aliphatic heterocycles. The lowest BCUT2D eigenvalue weighted by atomic mass is 9.83. The molecule has 16 heavy (non-hydrogen) atoms. The highest BCUT2D eigenvalue weighted by Crippen LogP contribution is 2.34. The Bertz CT molecular complexity index is 230. The number of piperidine rings is 1. The maximum Gasteiger partial charge on any atom is 0.260 e. The lowest BCUT2D eigenvalue weighted by molar-refractivity contribution is -0.0805. The maximum atomic E-state index is 13.3. The first-order valence-electron chi connectivity index (χ1n) is 6.72. The molecule has 0 aromatic rings. The summed E-state index contributed by atoms with van der Waals surface area (Å²) in [5.41, 5.74) is 0. The van der Waals surface area contributed by atoms with Gasteiger partial charge in [0.25, 0.3) is 5.92 Å². The van der Waals surface area contributed by atoms with Crippen LogP contribution in [0.4, 0.5) is 8.78 Å². The first-order chi connectivity index (χ1) is 7.61. The molecule has 0 bridgehead atoms. The molecule has 1 nitrogen and oxygen atoms in total. The van der Waals surface area contributed by atoms with Crippen molar-refractivity contribution in [3.63, 3.8) is 0 Å². The normalized spacial score (nSPS) is 36.2. The number of alkyl halides is 2. The number of nitrogens with zero attached hydrogens (tertiary/aromatic N) is 1. The minimum Gasteiger partial charge on any atom is -0.294 e. The highest BCUT2D eigenvalue weighted by molar-refractivity contribution is 4.86. The van der Waals surface area contributed by atoms with Gasteiger partial charge in [0.2, 0.25) is 0 Å². The van der Waals surface area contributed by atoms with Crippen LogP contribution in [0.3, 0.4) is 0 Å². The van der Waals surface area contributed by atoms with E-state index in [-0.39, 0.29) is 13.0 Å². The average molecular weight is 231 g/mol. The van der Waals surface area contributed by atoms with Gasteiger partial charge in [0, 0.05) is 12.5 Å². The minimum atomic E-state index is -2.43. The van der Waals surface area contributed by atoms with Crippen LogP contribution in [-0.2, 0) is 0 Å². The molecule has 1 heterocycles. The molecule has 94 valence electrons. The van der Waals surface area contributed by atoms with E-state index < -0.39 is 5.92 Å². The zero-order valence-electron chi connectivity index (χ0n) is 10.2. The molecule has 0 aromatic heterocycles. The third-order valence-electron chi connectivity index (χ3n) is 4.27. The summed E-state index contributed by atoms with van der Waals surface area (Å²) in [5.74, 6) is -1.66. The summed E-state index contributed by atoms with van der Waals surface area (Å²) in [7, 11) is 0. The van der Waals surface area contributed by atoms with Gasteiger partial charge in [-0.15, -0.1) is 0 Å². The Morgan fingerprint density at radius 3 is 2.75 bits per heavy atom. The monoisotopic (exact) mass is 231 g/mol. The van der Waals surface area contributed by atoms with Gasteiger partial charge < -0.3 is 0 Å². The number of likely N-dealkylation sites (tertiary alicyclic amines) is 1. The van der Waals surface area contributed by atoms with Crippen LogP contribution in [0.15, 0.2) is 0 Å². The third-order valence-corrected chi connectivity index (χ3v) is 4.27. The van der Waals surface area contributed by atoms with E-state index in [0.717, 1.165) is 25.3 Å². The van der Waals surface area contributed by atoms with E-state index in [4.69, 9.17) is 0 Å². The predicted octanol–water partition coefficient (Wildman–Crippen LogP) is 3.69. The van der Waals surface area contributed by atoms with Gasteiger partial charge in [0.1, 0.15) is 0 Å². The van der Waals surface area contributed by atoms with Gasteiger partial charge in [0.15, 0.2) is 0 Å². The zero-order chi connectivity index (χ0) is 11.6. The number of halogens is 2. The summed E-state index contributed by atoms with van der Waals surface area (Å²) in [4.78, 5) is 2.06. The van der Waals surface area contributed by atoms with E-state index in [1.807, 2.05) is 0 Å². The van der Waals surface area contributed by atoms with E-state index in [0.29, 0.717) is 12.5 Å². The van der Waals surface area contributed by atoms with Crippen LogP contribution >= 0.6 is 0 Å². The molecule has 0 spiro atoms. The standard InChI is InChI=1S/C13H23F2N/c1-2-11-5-3-6-12(9-11)16-8-4-7-13(14,15)10-16/h11-12H,2-10H2,1H3. The van der Waals surface area contributed by atoms with Crippen molar-refractivity contribution in [1.29, 1.82) is 0 Å². The van der Waals surface area contributed by atoms with Gasteiger partial charge in [-0.1, -0.05) is 26.2 Å². The Hall–Kier alpha value is -0.180. The van der Waals surface area contributed by atoms with Crippen LogP contribution < -0.4 is 0 Å². The SMILES string of the molecule is CCC1CCCC(N2CCCC(F)(F)C2)C1. The predicted molar refractivity (Wildman–Crippen MR) is 61.8 cm³/mol. The molecule has 2 fully saturated rings. The Morgan fingerprint density at radius 2 is 2.06 bits per heavy atom. The van der Waals surface area contributed by atoms with E-state index in [1.165, 1.54) is 19.3 Å². The molecule has 2 rings (SSSR count). The molecule has 3 heteroatoms.